The molecule has 0 saturated carbocycles. The van der Waals surface area contributed by atoms with Gasteiger partial charge in [0.15, 0.2) is 0 Å². The maximum Gasteiger partial charge on any atom is 0.209 e. The van der Waals surface area contributed by atoms with Crippen LogP contribution in [0, 0.1) is 0 Å². The Morgan fingerprint density at radius 3 is 2.56 bits per heavy atom. The molecule has 0 aliphatic heterocycles. The summed E-state index contributed by atoms with van der Waals surface area (Å²) in [7, 11) is -3.20. The summed E-state index contributed by atoms with van der Waals surface area (Å²) >= 11 is 0. The molecule has 1 aromatic carbocycles. The van der Waals surface area contributed by atoms with Crippen LogP contribution in [-0.4, -0.2) is 29.6 Å². The molecule has 8 heteroatoms. The molecule has 128 valence electrons. The summed E-state index contributed by atoms with van der Waals surface area (Å²) in [5.41, 5.74) is 3.41. The lowest BCUT2D eigenvalue weighted by molar-refractivity contribution is 0.587. The van der Waals surface area contributed by atoms with Gasteiger partial charge in [-0.2, -0.15) is 0 Å². The maximum atomic E-state index is 11.1. The number of hydrogen-bond acceptors (Lipinski definition) is 6. The molecule has 0 amide bonds. The second-order valence-corrected chi connectivity index (χ2v) is 7.28. The smallest absolute Gasteiger partial charge is 0.209 e. The van der Waals surface area contributed by atoms with Crippen molar-refractivity contribution in [3.8, 4) is 11.3 Å². The number of rotatable bonds is 6. The molecule has 0 aliphatic rings. The lowest BCUT2D eigenvalue weighted by atomic mass is 10.2. The zero-order valence-corrected chi connectivity index (χ0v) is 14.4. The first-order valence-corrected chi connectivity index (χ1v) is 9.42. The maximum absolute atomic E-state index is 11.1. The third-order valence-corrected chi connectivity index (χ3v) is 4.06. The van der Waals surface area contributed by atoms with Gasteiger partial charge in [0.1, 0.15) is 12.1 Å². The molecule has 0 unspecified atom stereocenters. The Labute approximate surface area is 146 Å². The van der Waals surface area contributed by atoms with Gasteiger partial charge in [0.25, 0.3) is 0 Å². The van der Waals surface area contributed by atoms with Gasteiger partial charge in [-0.25, -0.2) is 23.1 Å². The van der Waals surface area contributed by atoms with Gasteiger partial charge in [-0.1, -0.05) is 12.1 Å². The van der Waals surface area contributed by atoms with E-state index in [-0.39, 0.29) is 6.54 Å². The van der Waals surface area contributed by atoms with E-state index in [9.17, 15) is 8.42 Å². The number of nitrogens with one attached hydrogen (secondary N) is 2. The van der Waals surface area contributed by atoms with Crippen molar-refractivity contribution in [3.05, 3.63) is 66.7 Å². The zero-order valence-electron chi connectivity index (χ0n) is 13.5. The van der Waals surface area contributed by atoms with Crippen LogP contribution in [0.5, 0.6) is 0 Å². The first-order valence-electron chi connectivity index (χ1n) is 7.53. The molecule has 0 radical (unpaired) electrons. The number of aromatic nitrogens is 3. The molecule has 0 spiro atoms. The Kier molecular flexibility index (Phi) is 5.01. The van der Waals surface area contributed by atoms with E-state index >= 15 is 0 Å². The van der Waals surface area contributed by atoms with Crippen molar-refractivity contribution in [1.29, 1.82) is 0 Å². The Morgan fingerprint density at radius 1 is 1.08 bits per heavy atom. The summed E-state index contributed by atoms with van der Waals surface area (Å²) in [5, 5.41) is 3.20. The van der Waals surface area contributed by atoms with E-state index in [1.807, 2.05) is 42.5 Å². The largest absolute Gasteiger partial charge is 0.340 e. The molecule has 3 aromatic rings. The van der Waals surface area contributed by atoms with E-state index in [0.29, 0.717) is 5.82 Å². The zero-order chi connectivity index (χ0) is 17.7. The van der Waals surface area contributed by atoms with Gasteiger partial charge < -0.3 is 5.32 Å². The fourth-order valence-electron chi connectivity index (χ4n) is 2.17. The highest BCUT2D eigenvalue weighted by atomic mass is 32.2. The minimum atomic E-state index is -3.20. The second kappa shape index (κ2) is 7.37. The van der Waals surface area contributed by atoms with Crippen molar-refractivity contribution in [2.75, 3.05) is 11.6 Å². The van der Waals surface area contributed by atoms with E-state index in [1.165, 1.54) is 6.33 Å². The predicted octanol–water partition coefficient (Wildman–Crippen LogP) is 2.33. The predicted molar refractivity (Wildman–Crippen MR) is 96.7 cm³/mol. The van der Waals surface area contributed by atoms with Crippen molar-refractivity contribution < 1.29 is 8.42 Å². The highest BCUT2D eigenvalue weighted by Crippen LogP contribution is 2.20. The van der Waals surface area contributed by atoms with E-state index in [1.54, 1.807) is 12.4 Å². The summed E-state index contributed by atoms with van der Waals surface area (Å²) in [4.78, 5) is 12.6. The molecule has 0 atom stereocenters. The first-order chi connectivity index (χ1) is 12.0. The number of nitrogens with zero attached hydrogens (tertiary/aromatic N) is 3. The Bertz CT molecular complexity index is 944. The van der Waals surface area contributed by atoms with Crippen LogP contribution < -0.4 is 10.0 Å². The molecule has 0 bridgehead atoms. The van der Waals surface area contributed by atoms with E-state index in [2.05, 4.69) is 25.0 Å². The van der Waals surface area contributed by atoms with Gasteiger partial charge in [-0.05, 0) is 29.8 Å². The molecule has 2 N–H and O–H groups in total. The monoisotopic (exact) mass is 355 g/mol. The Hall–Kier alpha value is -2.84. The Morgan fingerprint density at radius 2 is 1.88 bits per heavy atom. The lowest BCUT2D eigenvalue weighted by Crippen LogP contribution is -2.21. The van der Waals surface area contributed by atoms with Crippen molar-refractivity contribution in [3.63, 3.8) is 0 Å². The van der Waals surface area contributed by atoms with E-state index in [4.69, 9.17) is 0 Å². The molecular formula is C17H17N5O2S. The third-order valence-electron chi connectivity index (χ3n) is 3.39. The number of hydrogen-bond donors (Lipinski definition) is 2. The summed E-state index contributed by atoms with van der Waals surface area (Å²) in [6, 6.07) is 13.1. The van der Waals surface area contributed by atoms with Crippen LogP contribution in [0.3, 0.4) is 0 Å². The molecule has 7 nitrogen and oxygen atoms in total. The van der Waals surface area contributed by atoms with Gasteiger partial charge in [-0.15, -0.1) is 0 Å². The topological polar surface area (TPSA) is 96.9 Å². The molecule has 2 aromatic heterocycles. The summed E-state index contributed by atoms with van der Waals surface area (Å²) in [5.74, 6) is 0.663. The lowest BCUT2D eigenvalue weighted by Gasteiger charge is -2.08. The molecule has 0 fully saturated rings. The standard InChI is InChI=1S/C17H17N5O2S/c1-25(23,24)21-10-13-4-6-15(7-5-13)22-17-9-16(19-12-20-17)14-3-2-8-18-11-14/h2-9,11-12,21H,10H2,1H3,(H,19,20,22). The number of anilines is 2. The van der Waals surface area contributed by atoms with Crippen molar-refractivity contribution >= 4 is 21.5 Å². The van der Waals surface area contributed by atoms with Crippen molar-refractivity contribution in [2.24, 2.45) is 0 Å². The molecule has 25 heavy (non-hydrogen) atoms. The van der Waals surface area contributed by atoms with Gasteiger partial charge in [-0.3, -0.25) is 4.98 Å². The fourth-order valence-corrected chi connectivity index (χ4v) is 2.59. The van der Waals surface area contributed by atoms with Crippen molar-refractivity contribution in [1.82, 2.24) is 19.7 Å². The van der Waals surface area contributed by atoms with Crippen LogP contribution in [-0.2, 0) is 16.6 Å². The second-order valence-electron chi connectivity index (χ2n) is 5.45. The first kappa shape index (κ1) is 17.0. The number of sulfonamides is 1. The fraction of sp³-hybridized carbons (Fsp3) is 0.118. The van der Waals surface area contributed by atoms with Gasteiger partial charge in [0.05, 0.1) is 11.9 Å². The minimum absolute atomic E-state index is 0.262. The average molecular weight is 355 g/mol. The number of pyridine rings is 1. The molecular weight excluding hydrogens is 338 g/mol. The van der Waals surface area contributed by atoms with Gasteiger partial charge in [0, 0.05) is 36.3 Å². The molecule has 0 saturated heterocycles. The summed E-state index contributed by atoms with van der Waals surface area (Å²) < 4.78 is 24.7. The van der Waals surface area contributed by atoms with Crippen LogP contribution >= 0.6 is 0 Å². The van der Waals surface area contributed by atoms with E-state index < -0.39 is 10.0 Å². The van der Waals surface area contributed by atoms with Crippen molar-refractivity contribution in [2.45, 2.75) is 6.54 Å². The van der Waals surface area contributed by atoms with Crippen LogP contribution in [0.15, 0.2) is 61.2 Å². The van der Waals surface area contributed by atoms with Crippen LogP contribution in [0.4, 0.5) is 11.5 Å². The SMILES string of the molecule is CS(=O)(=O)NCc1ccc(Nc2cc(-c3cccnc3)ncn2)cc1. The van der Waals surface area contributed by atoms with Crippen LogP contribution in [0.1, 0.15) is 5.56 Å². The molecule has 2 heterocycles. The van der Waals surface area contributed by atoms with E-state index in [0.717, 1.165) is 28.8 Å². The quantitative estimate of drug-likeness (QED) is 0.704. The third kappa shape index (κ3) is 5.07. The Balaban J connectivity index is 1.70. The molecule has 0 aliphatic carbocycles. The normalized spacial score (nSPS) is 11.2. The number of benzene rings is 1. The average Bonchev–Trinajstić information content (AvgIpc) is 2.61. The summed E-state index contributed by atoms with van der Waals surface area (Å²) in [6.45, 7) is 0.262. The minimum Gasteiger partial charge on any atom is -0.340 e. The van der Waals surface area contributed by atoms with Gasteiger partial charge >= 0.3 is 0 Å². The highest BCUT2D eigenvalue weighted by Gasteiger charge is 2.04. The van der Waals surface area contributed by atoms with Crippen LogP contribution in [0.25, 0.3) is 11.3 Å². The highest BCUT2D eigenvalue weighted by molar-refractivity contribution is 7.88. The van der Waals surface area contributed by atoms with Gasteiger partial charge in [0.2, 0.25) is 10.0 Å². The van der Waals surface area contributed by atoms with Crippen LogP contribution in [0.2, 0.25) is 0 Å². The molecule has 3 rings (SSSR count). The summed E-state index contributed by atoms with van der Waals surface area (Å²) in [6.07, 6.45) is 6.09.